The van der Waals surface area contributed by atoms with Gasteiger partial charge in [0, 0.05) is 37.7 Å². The molecule has 1 aromatic heterocycles. The van der Waals surface area contributed by atoms with E-state index in [1.165, 1.54) is 18.3 Å². The van der Waals surface area contributed by atoms with E-state index in [0.29, 0.717) is 30.9 Å². The van der Waals surface area contributed by atoms with Crippen molar-refractivity contribution in [3.05, 3.63) is 94.5 Å². The molecule has 0 bridgehead atoms. The Labute approximate surface area is 271 Å². The second-order valence-electron chi connectivity index (χ2n) is 11.1. The van der Waals surface area contributed by atoms with Crippen LogP contribution in [-0.2, 0) is 21.5 Å². The number of aromatic nitrogens is 1. The van der Waals surface area contributed by atoms with Gasteiger partial charge in [-0.05, 0) is 54.7 Å². The summed E-state index contributed by atoms with van der Waals surface area (Å²) >= 11 is 6.08. The number of carboxylic acids is 1. The summed E-state index contributed by atoms with van der Waals surface area (Å²) in [5, 5.41) is 17.3. The zero-order valence-corrected chi connectivity index (χ0v) is 25.6. The Hall–Kier alpha value is -4.46. The quantitative estimate of drug-likeness (QED) is 0.121. The van der Waals surface area contributed by atoms with Crippen LogP contribution in [0, 0.1) is 11.7 Å². The van der Waals surface area contributed by atoms with Gasteiger partial charge in [-0.2, -0.15) is 17.6 Å². The van der Waals surface area contributed by atoms with Crippen LogP contribution in [0.2, 0.25) is 5.02 Å². The summed E-state index contributed by atoms with van der Waals surface area (Å²) in [5.41, 5.74) is -1.29. The van der Waals surface area contributed by atoms with E-state index in [0.717, 1.165) is 12.1 Å². The lowest BCUT2D eigenvalue weighted by Crippen LogP contribution is -2.55. The highest BCUT2D eigenvalue weighted by molar-refractivity contribution is 6.30. The molecule has 1 saturated carbocycles. The minimum absolute atomic E-state index is 0.0946. The van der Waals surface area contributed by atoms with Crippen LogP contribution in [0.3, 0.4) is 0 Å². The van der Waals surface area contributed by atoms with Crippen molar-refractivity contribution in [2.24, 2.45) is 5.92 Å². The smallest absolute Gasteiger partial charge is 0.461 e. The molecular formula is C32H32ClF5N4O5. The van der Waals surface area contributed by atoms with E-state index in [-0.39, 0.29) is 48.0 Å². The Morgan fingerprint density at radius 2 is 1.81 bits per heavy atom. The number of hydrogen-bond acceptors (Lipinski definition) is 5. The predicted octanol–water partition coefficient (Wildman–Crippen LogP) is 6.05. The third-order valence-electron chi connectivity index (χ3n) is 7.71. The SMILES string of the molecule is O=C(O)CCCNC(=O)[C@H]1CCC[C@H]1NC(=O)N[C@@](Cc1ccccc1)(c1cc(F)cc(OC(F)(F)C(F)F)c1)c1ccc(Cl)cn1. The number of pyridine rings is 1. The van der Waals surface area contributed by atoms with Crippen molar-refractivity contribution < 1.29 is 46.2 Å². The number of carboxylic acid groups (broad SMARTS) is 1. The van der Waals surface area contributed by atoms with Gasteiger partial charge < -0.3 is 25.8 Å². The molecular weight excluding hydrogens is 651 g/mol. The molecule has 0 radical (unpaired) electrons. The van der Waals surface area contributed by atoms with Gasteiger partial charge in [0.2, 0.25) is 5.91 Å². The molecule has 0 unspecified atom stereocenters. The average molecular weight is 683 g/mol. The largest absolute Gasteiger partial charge is 0.481 e. The van der Waals surface area contributed by atoms with Crippen molar-refractivity contribution in [1.82, 2.24) is 20.9 Å². The lowest BCUT2D eigenvalue weighted by molar-refractivity contribution is -0.253. The van der Waals surface area contributed by atoms with Gasteiger partial charge in [0.15, 0.2) is 0 Å². The molecule has 9 nitrogen and oxygen atoms in total. The number of amides is 3. The van der Waals surface area contributed by atoms with Gasteiger partial charge in [-0.15, -0.1) is 0 Å². The Bertz CT molecular complexity index is 1550. The summed E-state index contributed by atoms with van der Waals surface area (Å²) < 4.78 is 73.1. The normalized spacial score (nSPS) is 17.5. The van der Waals surface area contributed by atoms with Gasteiger partial charge in [0.25, 0.3) is 0 Å². The fraction of sp³-hybridized carbons (Fsp3) is 0.375. The first-order chi connectivity index (χ1) is 22.3. The first-order valence-electron chi connectivity index (χ1n) is 14.7. The second-order valence-corrected chi connectivity index (χ2v) is 11.5. The number of aliphatic carboxylic acids is 1. The van der Waals surface area contributed by atoms with Crippen molar-refractivity contribution in [2.45, 2.75) is 62.6 Å². The van der Waals surface area contributed by atoms with Crippen molar-refractivity contribution >= 4 is 29.5 Å². The topological polar surface area (TPSA) is 130 Å². The third kappa shape index (κ3) is 9.31. The van der Waals surface area contributed by atoms with E-state index in [1.807, 2.05) is 0 Å². The second kappa shape index (κ2) is 15.4. The maximum atomic E-state index is 15.1. The number of halogens is 6. The monoisotopic (exact) mass is 682 g/mol. The van der Waals surface area contributed by atoms with Crippen LogP contribution in [0.1, 0.15) is 48.9 Å². The van der Waals surface area contributed by atoms with Gasteiger partial charge >= 0.3 is 24.5 Å². The summed E-state index contributed by atoms with van der Waals surface area (Å²) in [7, 11) is 0. The molecule has 1 heterocycles. The molecule has 0 saturated heterocycles. The molecule has 3 aromatic rings. The van der Waals surface area contributed by atoms with E-state index in [9.17, 15) is 31.9 Å². The van der Waals surface area contributed by atoms with Crippen LogP contribution >= 0.6 is 11.6 Å². The first kappa shape index (κ1) is 35.4. The Kier molecular flexibility index (Phi) is 11.6. The molecule has 15 heteroatoms. The average Bonchev–Trinajstić information content (AvgIpc) is 3.47. The first-order valence-corrected chi connectivity index (χ1v) is 15.1. The van der Waals surface area contributed by atoms with Crippen molar-refractivity contribution in [2.75, 3.05) is 6.54 Å². The van der Waals surface area contributed by atoms with Gasteiger partial charge in [-0.1, -0.05) is 48.4 Å². The lowest BCUT2D eigenvalue weighted by Gasteiger charge is -2.36. The van der Waals surface area contributed by atoms with Crippen LogP contribution in [0.15, 0.2) is 66.9 Å². The number of nitrogens with one attached hydrogen (secondary N) is 3. The fourth-order valence-corrected chi connectivity index (χ4v) is 5.66. The molecule has 47 heavy (non-hydrogen) atoms. The molecule has 1 fully saturated rings. The summed E-state index contributed by atoms with van der Waals surface area (Å²) in [6, 6.07) is 12.4. The molecule has 4 rings (SSSR count). The molecule has 1 aliphatic rings. The number of hydrogen-bond donors (Lipinski definition) is 4. The summed E-state index contributed by atoms with van der Waals surface area (Å²) in [6.45, 7) is 0.136. The van der Waals surface area contributed by atoms with Crippen LogP contribution in [-0.4, -0.2) is 53.1 Å². The minimum atomic E-state index is -4.94. The van der Waals surface area contributed by atoms with Gasteiger partial charge in [-0.25, -0.2) is 9.18 Å². The molecule has 0 spiro atoms. The number of carbonyl (C=O) groups is 3. The number of nitrogens with zero attached hydrogens (tertiary/aromatic N) is 1. The number of rotatable bonds is 14. The van der Waals surface area contributed by atoms with Crippen LogP contribution in [0.25, 0.3) is 0 Å². The van der Waals surface area contributed by atoms with Crippen LogP contribution < -0.4 is 20.7 Å². The Morgan fingerprint density at radius 1 is 1.06 bits per heavy atom. The summed E-state index contributed by atoms with van der Waals surface area (Å²) in [5.74, 6) is -4.03. The van der Waals surface area contributed by atoms with Crippen LogP contribution in [0.5, 0.6) is 5.75 Å². The number of urea groups is 1. The third-order valence-corrected chi connectivity index (χ3v) is 7.94. The van der Waals surface area contributed by atoms with Gasteiger partial charge in [-0.3, -0.25) is 14.6 Å². The van der Waals surface area contributed by atoms with Crippen LogP contribution in [0.4, 0.5) is 26.7 Å². The van der Waals surface area contributed by atoms with E-state index >= 15 is 4.39 Å². The van der Waals surface area contributed by atoms with E-state index < -0.39 is 53.6 Å². The van der Waals surface area contributed by atoms with E-state index in [1.54, 1.807) is 30.3 Å². The van der Waals surface area contributed by atoms with Crippen molar-refractivity contribution in [3.8, 4) is 5.75 Å². The molecule has 1 aliphatic carbocycles. The zero-order chi connectivity index (χ0) is 34.2. The number of benzene rings is 2. The molecule has 4 N–H and O–H groups in total. The summed E-state index contributed by atoms with van der Waals surface area (Å²) in [4.78, 5) is 41.8. The lowest BCUT2D eigenvalue weighted by atomic mass is 9.80. The Morgan fingerprint density at radius 3 is 2.47 bits per heavy atom. The summed E-state index contributed by atoms with van der Waals surface area (Å²) in [6.07, 6.45) is -6.41. The number of alkyl halides is 4. The van der Waals surface area contributed by atoms with E-state index in [2.05, 4.69) is 25.7 Å². The predicted molar refractivity (Wildman–Crippen MR) is 161 cm³/mol. The fourth-order valence-electron chi connectivity index (χ4n) is 5.55. The van der Waals surface area contributed by atoms with Gasteiger partial charge in [0.1, 0.15) is 17.1 Å². The Balaban J connectivity index is 1.72. The molecule has 3 amide bonds. The highest BCUT2D eigenvalue weighted by atomic mass is 35.5. The zero-order valence-electron chi connectivity index (χ0n) is 24.8. The maximum absolute atomic E-state index is 15.1. The molecule has 2 aromatic carbocycles. The van der Waals surface area contributed by atoms with E-state index in [4.69, 9.17) is 16.7 Å². The molecule has 3 atom stereocenters. The highest BCUT2D eigenvalue weighted by Crippen LogP contribution is 2.37. The molecule has 252 valence electrons. The highest BCUT2D eigenvalue weighted by Gasteiger charge is 2.45. The number of ether oxygens (including phenoxy) is 1. The number of carbonyl (C=O) groups excluding carboxylic acids is 2. The van der Waals surface area contributed by atoms with Crippen molar-refractivity contribution in [3.63, 3.8) is 0 Å². The van der Waals surface area contributed by atoms with Crippen molar-refractivity contribution in [1.29, 1.82) is 0 Å². The molecule has 0 aliphatic heterocycles. The maximum Gasteiger partial charge on any atom is 0.461 e. The minimum Gasteiger partial charge on any atom is -0.481 e. The van der Waals surface area contributed by atoms with Gasteiger partial charge in [0.05, 0.1) is 16.6 Å². The standard InChI is InChI=1S/C32H32ClF5N4O5/c33-21-11-12-26(40-18-21)31(17-19-6-2-1-3-7-19,20-14-22(34)16-23(15-20)47-32(37,38)29(35)36)42-30(46)41-25-9-4-8-24(25)28(45)39-13-5-10-27(43)44/h1-3,6-7,11-12,14-16,18,24-25,29H,4-5,8-10,13,17H2,(H,39,45)(H,43,44)(H2,41,42,46)/t24-,25+,31-/m0/s1.